The van der Waals surface area contributed by atoms with Crippen LogP contribution in [0.3, 0.4) is 0 Å². The van der Waals surface area contributed by atoms with E-state index < -0.39 is 6.10 Å². The number of aliphatic hydroxyl groups excluding tert-OH is 1. The fourth-order valence-electron chi connectivity index (χ4n) is 2.48. The molecule has 0 unspecified atom stereocenters. The van der Waals surface area contributed by atoms with Crippen molar-refractivity contribution in [2.45, 2.75) is 38.8 Å². The van der Waals surface area contributed by atoms with E-state index in [0.29, 0.717) is 12.2 Å². The number of rotatable bonds is 4. The van der Waals surface area contributed by atoms with Crippen LogP contribution in [-0.2, 0) is 12.0 Å². The Bertz CT molecular complexity index is 771. The minimum Gasteiger partial charge on any atom is -0.382 e. The van der Waals surface area contributed by atoms with Crippen LogP contribution in [0.4, 0.5) is 0 Å². The Kier molecular flexibility index (Phi) is 4.00. The standard InChI is InChI=1S/C17H20N4O2/c1-17(2,3)16-13(11-23-19-16)9-21-10-14(18-20-21)15(22)12-7-5-4-6-8-12/h4-8,10-11,15,22H,9H2,1-3H3/t15-/m1/s1. The van der Waals surface area contributed by atoms with Crippen molar-refractivity contribution in [1.82, 2.24) is 20.2 Å². The highest BCUT2D eigenvalue weighted by Crippen LogP contribution is 2.25. The summed E-state index contributed by atoms with van der Waals surface area (Å²) in [5.41, 5.74) is 3.07. The van der Waals surface area contributed by atoms with Crippen molar-refractivity contribution in [3.8, 4) is 0 Å². The molecule has 120 valence electrons. The molecular weight excluding hydrogens is 292 g/mol. The van der Waals surface area contributed by atoms with Crippen molar-refractivity contribution < 1.29 is 9.63 Å². The van der Waals surface area contributed by atoms with Crippen LogP contribution in [0.1, 0.15) is 49.4 Å². The fraction of sp³-hybridized carbons (Fsp3) is 0.353. The van der Waals surface area contributed by atoms with Gasteiger partial charge in [-0.15, -0.1) is 5.10 Å². The second kappa shape index (κ2) is 5.96. The van der Waals surface area contributed by atoms with Gasteiger partial charge in [0.05, 0.1) is 18.4 Å². The van der Waals surface area contributed by atoms with Gasteiger partial charge in [0.15, 0.2) is 0 Å². The van der Waals surface area contributed by atoms with Crippen LogP contribution in [0.25, 0.3) is 0 Å². The zero-order valence-corrected chi connectivity index (χ0v) is 13.5. The van der Waals surface area contributed by atoms with E-state index in [2.05, 4.69) is 36.2 Å². The number of aromatic nitrogens is 4. The molecule has 0 aliphatic rings. The lowest BCUT2D eigenvalue weighted by Gasteiger charge is -2.16. The van der Waals surface area contributed by atoms with Gasteiger partial charge in [-0.1, -0.05) is 61.5 Å². The Labute approximate surface area is 134 Å². The molecule has 0 radical (unpaired) electrons. The third-order valence-electron chi connectivity index (χ3n) is 3.64. The molecule has 2 heterocycles. The SMILES string of the molecule is CC(C)(C)c1nocc1Cn1cc([C@H](O)c2ccccc2)nn1. The number of hydrogen-bond acceptors (Lipinski definition) is 5. The van der Waals surface area contributed by atoms with Gasteiger partial charge in [0.1, 0.15) is 18.1 Å². The zero-order chi connectivity index (χ0) is 16.4. The van der Waals surface area contributed by atoms with Crippen LogP contribution in [0, 0.1) is 0 Å². The van der Waals surface area contributed by atoms with Crippen LogP contribution in [0.5, 0.6) is 0 Å². The van der Waals surface area contributed by atoms with Gasteiger partial charge in [0.25, 0.3) is 0 Å². The number of benzene rings is 1. The first kappa shape index (κ1) is 15.4. The fourth-order valence-corrected chi connectivity index (χ4v) is 2.48. The van der Waals surface area contributed by atoms with Crippen molar-refractivity contribution in [2.24, 2.45) is 0 Å². The summed E-state index contributed by atoms with van der Waals surface area (Å²) in [6, 6.07) is 9.40. The molecule has 1 aromatic carbocycles. The van der Waals surface area contributed by atoms with Gasteiger partial charge >= 0.3 is 0 Å². The summed E-state index contributed by atoms with van der Waals surface area (Å²) in [5, 5.41) is 22.6. The summed E-state index contributed by atoms with van der Waals surface area (Å²) >= 11 is 0. The van der Waals surface area contributed by atoms with E-state index in [0.717, 1.165) is 16.8 Å². The van der Waals surface area contributed by atoms with E-state index in [1.54, 1.807) is 17.1 Å². The Balaban J connectivity index is 1.80. The minimum atomic E-state index is -0.783. The van der Waals surface area contributed by atoms with Crippen LogP contribution in [-0.4, -0.2) is 25.3 Å². The lowest BCUT2D eigenvalue weighted by atomic mass is 9.89. The quantitative estimate of drug-likeness (QED) is 0.801. The van der Waals surface area contributed by atoms with Crippen molar-refractivity contribution in [2.75, 3.05) is 0 Å². The maximum atomic E-state index is 10.4. The van der Waals surface area contributed by atoms with Gasteiger partial charge in [-0.2, -0.15) is 0 Å². The highest BCUT2D eigenvalue weighted by molar-refractivity contribution is 5.25. The van der Waals surface area contributed by atoms with Crippen molar-refractivity contribution in [1.29, 1.82) is 0 Å². The minimum absolute atomic E-state index is 0.102. The van der Waals surface area contributed by atoms with Gasteiger partial charge in [0.2, 0.25) is 0 Å². The van der Waals surface area contributed by atoms with Crippen LogP contribution < -0.4 is 0 Å². The predicted octanol–water partition coefficient (Wildman–Crippen LogP) is 2.69. The molecule has 23 heavy (non-hydrogen) atoms. The molecule has 6 nitrogen and oxygen atoms in total. The first-order valence-corrected chi connectivity index (χ1v) is 7.52. The Morgan fingerprint density at radius 1 is 1.22 bits per heavy atom. The molecule has 0 fully saturated rings. The second-order valence-corrected chi connectivity index (χ2v) is 6.59. The summed E-state index contributed by atoms with van der Waals surface area (Å²) in [5.74, 6) is 0. The largest absolute Gasteiger partial charge is 0.382 e. The molecule has 2 aromatic heterocycles. The Hall–Kier alpha value is -2.47. The molecule has 0 aliphatic heterocycles. The average Bonchev–Trinajstić information content (AvgIpc) is 3.17. The monoisotopic (exact) mass is 312 g/mol. The molecule has 0 bridgehead atoms. The molecule has 6 heteroatoms. The van der Waals surface area contributed by atoms with E-state index in [-0.39, 0.29) is 5.41 Å². The summed E-state index contributed by atoms with van der Waals surface area (Å²) in [6.07, 6.45) is 2.60. The first-order chi connectivity index (χ1) is 10.9. The van der Waals surface area contributed by atoms with E-state index in [4.69, 9.17) is 4.52 Å². The van der Waals surface area contributed by atoms with Crippen LogP contribution in [0.15, 0.2) is 47.3 Å². The Morgan fingerprint density at radius 3 is 2.65 bits per heavy atom. The van der Waals surface area contributed by atoms with Gasteiger partial charge in [-0.25, -0.2) is 4.68 Å². The van der Waals surface area contributed by atoms with Crippen LogP contribution in [0.2, 0.25) is 0 Å². The number of hydrogen-bond donors (Lipinski definition) is 1. The Morgan fingerprint density at radius 2 is 1.96 bits per heavy atom. The second-order valence-electron chi connectivity index (χ2n) is 6.59. The lowest BCUT2D eigenvalue weighted by molar-refractivity contribution is 0.215. The molecule has 1 N–H and O–H groups in total. The smallest absolute Gasteiger partial charge is 0.129 e. The molecule has 0 amide bonds. The molecule has 0 spiro atoms. The van der Waals surface area contributed by atoms with Crippen molar-refractivity contribution in [3.05, 3.63) is 65.3 Å². The molecular formula is C17H20N4O2. The topological polar surface area (TPSA) is 77.0 Å². The molecule has 0 saturated carbocycles. The van der Waals surface area contributed by atoms with Crippen molar-refractivity contribution >= 4 is 0 Å². The van der Waals surface area contributed by atoms with E-state index >= 15 is 0 Å². The number of aliphatic hydroxyl groups is 1. The molecule has 0 saturated heterocycles. The summed E-state index contributed by atoms with van der Waals surface area (Å²) in [6.45, 7) is 6.76. The average molecular weight is 312 g/mol. The van der Waals surface area contributed by atoms with Gasteiger partial charge in [-0.05, 0) is 5.56 Å². The van der Waals surface area contributed by atoms with Crippen LogP contribution >= 0.6 is 0 Å². The van der Waals surface area contributed by atoms with Gasteiger partial charge < -0.3 is 9.63 Å². The van der Waals surface area contributed by atoms with E-state index in [9.17, 15) is 5.11 Å². The molecule has 3 aromatic rings. The third kappa shape index (κ3) is 3.32. The maximum Gasteiger partial charge on any atom is 0.129 e. The summed E-state index contributed by atoms with van der Waals surface area (Å²) in [4.78, 5) is 0. The number of nitrogens with zero attached hydrogens (tertiary/aromatic N) is 4. The maximum absolute atomic E-state index is 10.4. The highest BCUT2D eigenvalue weighted by Gasteiger charge is 2.23. The molecule has 3 rings (SSSR count). The summed E-state index contributed by atoms with van der Waals surface area (Å²) < 4.78 is 6.79. The summed E-state index contributed by atoms with van der Waals surface area (Å²) in [7, 11) is 0. The normalized spacial score (nSPS) is 13.2. The lowest BCUT2D eigenvalue weighted by Crippen LogP contribution is -2.15. The molecule has 1 atom stereocenters. The first-order valence-electron chi connectivity index (χ1n) is 7.52. The zero-order valence-electron chi connectivity index (χ0n) is 13.5. The third-order valence-corrected chi connectivity index (χ3v) is 3.64. The molecule has 0 aliphatic carbocycles. The highest BCUT2D eigenvalue weighted by atomic mass is 16.5. The predicted molar refractivity (Wildman–Crippen MR) is 84.8 cm³/mol. The van der Waals surface area contributed by atoms with Gasteiger partial charge in [0, 0.05) is 11.0 Å². The van der Waals surface area contributed by atoms with Gasteiger partial charge in [-0.3, -0.25) is 0 Å². The van der Waals surface area contributed by atoms with Crippen molar-refractivity contribution in [3.63, 3.8) is 0 Å². The van der Waals surface area contributed by atoms with E-state index in [1.807, 2.05) is 30.3 Å². The van der Waals surface area contributed by atoms with E-state index in [1.165, 1.54) is 0 Å².